The third kappa shape index (κ3) is 5.11. The standard InChI is InChI=1S/C18H23ClN2O6/c1-4-5-26-6-7-27-17(23)14-10(2)20-18(24)21-15(14)11-8-12(19)16(22)13(9-11)25-3/h8-9,14-15,22H,4-7H2,1-3H3,(H,21,24). The molecule has 0 radical (unpaired) electrons. The largest absolute Gasteiger partial charge is 0.503 e. The topological polar surface area (TPSA) is 106 Å². The lowest BCUT2D eigenvalue weighted by molar-refractivity contribution is -0.148. The van der Waals surface area contributed by atoms with Gasteiger partial charge in [-0.05, 0) is 31.0 Å². The highest BCUT2D eigenvalue weighted by atomic mass is 35.5. The van der Waals surface area contributed by atoms with Crippen LogP contribution in [0, 0.1) is 5.92 Å². The summed E-state index contributed by atoms with van der Waals surface area (Å²) in [6, 6.07) is 1.64. The summed E-state index contributed by atoms with van der Waals surface area (Å²) in [4.78, 5) is 28.3. The highest BCUT2D eigenvalue weighted by Gasteiger charge is 2.38. The van der Waals surface area contributed by atoms with Crippen molar-refractivity contribution in [1.29, 1.82) is 0 Å². The Morgan fingerprint density at radius 1 is 1.33 bits per heavy atom. The van der Waals surface area contributed by atoms with E-state index in [1.165, 1.54) is 19.2 Å². The molecular formula is C18H23ClN2O6. The van der Waals surface area contributed by atoms with Gasteiger partial charge in [0.15, 0.2) is 11.5 Å². The third-order valence-electron chi connectivity index (χ3n) is 4.04. The van der Waals surface area contributed by atoms with E-state index in [0.717, 1.165) is 6.42 Å². The van der Waals surface area contributed by atoms with E-state index in [-0.39, 0.29) is 23.1 Å². The number of carbonyl (C=O) groups excluding carboxylic acids is 2. The van der Waals surface area contributed by atoms with Crippen molar-refractivity contribution in [2.45, 2.75) is 26.3 Å². The second-order valence-corrected chi connectivity index (χ2v) is 6.40. The number of urea groups is 1. The van der Waals surface area contributed by atoms with Gasteiger partial charge in [0.2, 0.25) is 0 Å². The fourth-order valence-corrected chi connectivity index (χ4v) is 2.99. The SMILES string of the molecule is CCCOCCOC(=O)C1C(C)=NC(=O)NC1c1cc(Cl)c(O)c(OC)c1. The quantitative estimate of drug-likeness (QED) is 0.515. The molecule has 0 aliphatic carbocycles. The maximum absolute atomic E-state index is 12.6. The van der Waals surface area contributed by atoms with Gasteiger partial charge in [-0.2, -0.15) is 0 Å². The molecule has 0 saturated carbocycles. The third-order valence-corrected chi connectivity index (χ3v) is 4.33. The molecule has 1 aliphatic rings. The van der Waals surface area contributed by atoms with Crippen LogP contribution >= 0.6 is 11.6 Å². The number of aliphatic imine (C=N–C) groups is 1. The van der Waals surface area contributed by atoms with Gasteiger partial charge < -0.3 is 24.6 Å². The van der Waals surface area contributed by atoms with Gasteiger partial charge in [0.1, 0.15) is 12.5 Å². The molecular weight excluding hydrogens is 376 g/mol. The number of methoxy groups -OCH3 is 1. The van der Waals surface area contributed by atoms with Crippen molar-refractivity contribution in [3.63, 3.8) is 0 Å². The molecule has 0 fully saturated rings. The maximum atomic E-state index is 12.6. The average Bonchev–Trinajstić information content (AvgIpc) is 2.62. The number of esters is 1. The Morgan fingerprint density at radius 2 is 2.07 bits per heavy atom. The lowest BCUT2D eigenvalue weighted by atomic mass is 9.88. The monoisotopic (exact) mass is 398 g/mol. The molecule has 2 rings (SSSR count). The molecule has 8 nitrogen and oxygen atoms in total. The summed E-state index contributed by atoms with van der Waals surface area (Å²) in [5.74, 6) is -1.46. The van der Waals surface area contributed by atoms with Gasteiger partial charge in [0.25, 0.3) is 0 Å². The molecule has 2 N–H and O–H groups in total. The molecule has 0 aromatic heterocycles. The molecule has 0 bridgehead atoms. The molecule has 2 unspecified atom stereocenters. The van der Waals surface area contributed by atoms with Gasteiger partial charge in [-0.25, -0.2) is 9.79 Å². The average molecular weight is 399 g/mol. The predicted octanol–water partition coefficient (Wildman–Crippen LogP) is 2.87. The van der Waals surface area contributed by atoms with E-state index in [2.05, 4.69) is 10.3 Å². The van der Waals surface area contributed by atoms with E-state index in [0.29, 0.717) is 24.5 Å². The van der Waals surface area contributed by atoms with Crippen LogP contribution in [0.25, 0.3) is 0 Å². The summed E-state index contributed by atoms with van der Waals surface area (Å²) in [5, 5.41) is 12.6. The van der Waals surface area contributed by atoms with Crippen LogP contribution in [-0.4, -0.2) is 49.7 Å². The summed E-state index contributed by atoms with van der Waals surface area (Å²) < 4.78 is 15.7. The number of phenolic OH excluding ortho intramolecular Hbond substituents is 1. The van der Waals surface area contributed by atoms with Crippen molar-refractivity contribution in [3.05, 3.63) is 22.7 Å². The van der Waals surface area contributed by atoms with Crippen LogP contribution in [0.2, 0.25) is 5.02 Å². The number of carbonyl (C=O) groups is 2. The predicted molar refractivity (Wildman–Crippen MR) is 99.6 cm³/mol. The minimum Gasteiger partial charge on any atom is -0.503 e. The first-order valence-corrected chi connectivity index (χ1v) is 8.93. The number of benzene rings is 1. The molecule has 2 amide bonds. The molecule has 0 spiro atoms. The lowest BCUT2D eigenvalue weighted by Gasteiger charge is -2.30. The number of rotatable bonds is 8. The summed E-state index contributed by atoms with van der Waals surface area (Å²) >= 11 is 6.04. The Hall–Kier alpha value is -2.32. The van der Waals surface area contributed by atoms with Crippen LogP contribution in [0.5, 0.6) is 11.5 Å². The highest BCUT2D eigenvalue weighted by Crippen LogP contribution is 2.39. The number of aromatic hydroxyl groups is 1. The maximum Gasteiger partial charge on any atom is 0.341 e. The van der Waals surface area contributed by atoms with Crippen molar-refractivity contribution in [2.75, 3.05) is 26.9 Å². The Bertz CT molecular complexity index is 737. The van der Waals surface area contributed by atoms with Gasteiger partial charge in [-0.3, -0.25) is 4.79 Å². The van der Waals surface area contributed by atoms with Crippen molar-refractivity contribution in [2.24, 2.45) is 10.9 Å². The van der Waals surface area contributed by atoms with Gasteiger partial charge in [0, 0.05) is 12.3 Å². The molecule has 1 aliphatic heterocycles. The Labute approximate surface area is 162 Å². The summed E-state index contributed by atoms with van der Waals surface area (Å²) in [6.45, 7) is 4.55. The number of hydrogen-bond acceptors (Lipinski definition) is 6. The molecule has 2 atom stereocenters. The second kappa shape index (κ2) is 9.57. The normalized spacial score (nSPS) is 19.3. The van der Waals surface area contributed by atoms with Crippen molar-refractivity contribution >= 4 is 29.3 Å². The van der Waals surface area contributed by atoms with Crippen molar-refractivity contribution in [1.82, 2.24) is 5.32 Å². The fourth-order valence-electron chi connectivity index (χ4n) is 2.77. The Morgan fingerprint density at radius 3 is 2.74 bits per heavy atom. The van der Waals surface area contributed by atoms with Crippen LogP contribution in [0.4, 0.5) is 4.79 Å². The van der Waals surface area contributed by atoms with E-state index >= 15 is 0 Å². The molecule has 148 valence electrons. The number of nitrogens with zero attached hydrogens (tertiary/aromatic N) is 1. The van der Waals surface area contributed by atoms with Gasteiger partial charge in [-0.1, -0.05) is 18.5 Å². The minimum absolute atomic E-state index is 0.0406. The molecule has 0 saturated heterocycles. The van der Waals surface area contributed by atoms with Gasteiger partial charge in [0.05, 0.1) is 24.8 Å². The lowest BCUT2D eigenvalue weighted by Crippen LogP contribution is -2.44. The number of amides is 2. The van der Waals surface area contributed by atoms with E-state index in [9.17, 15) is 14.7 Å². The first kappa shape index (κ1) is 21.0. The van der Waals surface area contributed by atoms with E-state index in [1.807, 2.05) is 6.92 Å². The molecule has 9 heteroatoms. The minimum atomic E-state index is -0.834. The first-order valence-electron chi connectivity index (χ1n) is 8.55. The molecule has 27 heavy (non-hydrogen) atoms. The number of halogens is 1. The fraction of sp³-hybridized carbons (Fsp3) is 0.500. The van der Waals surface area contributed by atoms with Crippen LogP contribution in [-0.2, 0) is 14.3 Å². The van der Waals surface area contributed by atoms with Crippen LogP contribution in [0.1, 0.15) is 31.9 Å². The molecule has 1 aromatic carbocycles. The van der Waals surface area contributed by atoms with E-state index < -0.39 is 24.0 Å². The molecule has 1 aromatic rings. The number of nitrogens with one attached hydrogen (secondary N) is 1. The van der Waals surface area contributed by atoms with Gasteiger partial charge in [-0.15, -0.1) is 0 Å². The van der Waals surface area contributed by atoms with E-state index in [1.54, 1.807) is 6.92 Å². The summed E-state index contributed by atoms with van der Waals surface area (Å²) in [5.41, 5.74) is 0.813. The Kier molecular flexibility index (Phi) is 7.44. The zero-order valence-corrected chi connectivity index (χ0v) is 16.2. The zero-order chi connectivity index (χ0) is 20.0. The van der Waals surface area contributed by atoms with Crippen LogP contribution in [0.3, 0.4) is 0 Å². The Balaban J connectivity index is 2.25. The van der Waals surface area contributed by atoms with Gasteiger partial charge >= 0.3 is 12.0 Å². The number of ether oxygens (including phenoxy) is 3. The van der Waals surface area contributed by atoms with E-state index in [4.69, 9.17) is 25.8 Å². The van der Waals surface area contributed by atoms with Crippen molar-refractivity contribution in [3.8, 4) is 11.5 Å². The number of phenols is 1. The smallest absolute Gasteiger partial charge is 0.341 e. The van der Waals surface area contributed by atoms with Crippen molar-refractivity contribution < 1.29 is 28.9 Å². The zero-order valence-electron chi connectivity index (χ0n) is 15.5. The first-order chi connectivity index (χ1) is 12.9. The second-order valence-electron chi connectivity index (χ2n) is 5.99. The van der Waals surface area contributed by atoms with Crippen LogP contribution < -0.4 is 10.1 Å². The number of hydrogen-bond donors (Lipinski definition) is 2. The molecule has 1 heterocycles. The van der Waals surface area contributed by atoms with Crippen LogP contribution in [0.15, 0.2) is 17.1 Å². The summed E-state index contributed by atoms with van der Waals surface area (Å²) in [6.07, 6.45) is 0.875. The highest BCUT2D eigenvalue weighted by molar-refractivity contribution is 6.32. The summed E-state index contributed by atoms with van der Waals surface area (Å²) in [7, 11) is 1.38.